The minimum Gasteiger partial charge on any atom is -0.325 e. The molecule has 98 valence electrons. The highest BCUT2D eigenvalue weighted by atomic mass is 79.9. The first-order chi connectivity index (χ1) is 8.50. The van der Waals surface area contributed by atoms with Gasteiger partial charge in [-0.05, 0) is 46.3 Å². The van der Waals surface area contributed by atoms with Gasteiger partial charge in [0, 0.05) is 10.4 Å². The van der Waals surface area contributed by atoms with Gasteiger partial charge in [-0.15, -0.1) is 0 Å². The molecule has 1 aliphatic rings. The van der Waals surface area contributed by atoms with E-state index in [2.05, 4.69) is 35.1 Å². The van der Waals surface area contributed by atoms with Crippen LogP contribution in [-0.4, -0.2) is 5.91 Å². The number of carbonyl (C=O) groups excluding carboxylic acids is 1. The van der Waals surface area contributed by atoms with Crippen molar-refractivity contribution in [1.82, 2.24) is 0 Å². The smallest absolute Gasteiger partial charge is 0.228 e. The Morgan fingerprint density at radius 3 is 2.72 bits per heavy atom. The van der Waals surface area contributed by atoms with Gasteiger partial charge in [-0.3, -0.25) is 4.79 Å². The minimum atomic E-state index is 0.115. The lowest BCUT2D eigenvalue weighted by Gasteiger charge is -2.37. The van der Waals surface area contributed by atoms with Gasteiger partial charge in [0.2, 0.25) is 5.91 Å². The molecular formula is C15H20BrNO. The lowest BCUT2D eigenvalue weighted by molar-refractivity contribution is -0.124. The largest absolute Gasteiger partial charge is 0.325 e. The molecule has 2 nitrogen and oxygen atoms in total. The lowest BCUT2D eigenvalue weighted by Crippen LogP contribution is -2.37. The fraction of sp³-hybridized carbons (Fsp3) is 0.533. The number of hydrogen-bond donors (Lipinski definition) is 1. The van der Waals surface area contributed by atoms with Crippen molar-refractivity contribution in [3.05, 3.63) is 28.7 Å². The average Bonchev–Trinajstić information content (AvgIpc) is 2.31. The molecule has 1 atom stereocenters. The van der Waals surface area contributed by atoms with Crippen LogP contribution in [0.2, 0.25) is 0 Å². The van der Waals surface area contributed by atoms with Gasteiger partial charge in [0.25, 0.3) is 0 Å². The Kier molecular flexibility index (Phi) is 4.10. The van der Waals surface area contributed by atoms with Crippen LogP contribution in [0.15, 0.2) is 28.7 Å². The van der Waals surface area contributed by atoms with E-state index in [1.54, 1.807) is 0 Å². The fourth-order valence-corrected chi connectivity index (χ4v) is 3.15. The van der Waals surface area contributed by atoms with Crippen LogP contribution in [-0.2, 0) is 4.79 Å². The Morgan fingerprint density at radius 1 is 1.33 bits per heavy atom. The van der Waals surface area contributed by atoms with Gasteiger partial charge in [-0.2, -0.15) is 0 Å². The van der Waals surface area contributed by atoms with Crippen LogP contribution in [0.4, 0.5) is 5.69 Å². The van der Waals surface area contributed by atoms with E-state index in [-0.39, 0.29) is 17.2 Å². The molecule has 0 saturated heterocycles. The molecule has 1 amide bonds. The molecule has 1 aromatic rings. The van der Waals surface area contributed by atoms with Crippen molar-refractivity contribution in [3.8, 4) is 0 Å². The molecule has 0 bridgehead atoms. The van der Waals surface area contributed by atoms with Crippen LogP contribution in [0, 0.1) is 11.3 Å². The molecule has 0 spiro atoms. The molecular weight excluding hydrogens is 290 g/mol. The van der Waals surface area contributed by atoms with Gasteiger partial charge >= 0.3 is 0 Å². The maximum absolute atomic E-state index is 12.4. The SMILES string of the molecule is CC1(C)CCCCC1C(=O)Nc1ccccc1Br. The highest BCUT2D eigenvalue weighted by Gasteiger charge is 2.37. The molecule has 1 fully saturated rings. The fourth-order valence-electron chi connectivity index (χ4n) is 2.76. The molecule has 1 unspecified atom stereocenters. The first kappa shape index (κ1) is 13.6. The Balaban J connectivity index is 2.10. The summed E-state index contributed by atoms with van der Waals surface area (Å²) in [4.78, 5) is 12.4. The van der Waals surface area contributed by atoms with Crippen molar-refractivity contribution in [2.24, 2.45) is 11.3 Å². The van der Waals surface area contributed by atoms with E-state index < -0.39 is 0 Å². The summed E-state index contributed by atoms with van der Waals surface area (Å²) in [5, 5.41) is 3.05. The van der Waals surface area contributed by atoms with Gasteiger partial charge in [0.15, 0.2) is 0 Å². The molecule has 0 aliphatic heterocycles. The van der Waals surface area contributed by atoms with E-state index in [0.29, 0.717) is 0 Å². The summed E-state index contributed by atoms with van der Waals surface area (Å²) in [6.45, 7) is 4.41. The first-order valence-electron chi connectivity index (χ1n) is 6.56. The topological polar surface area (TPSA) is 29.1 Å². The van der Waals surface area contributed by atoms with Crippen LogP contribution in [0.1, 0.15) is 39.5 Å². The summed E-state index contributed by atoms with van der Waals surface area (Å²) in [7, 11) is 0. The molecule has 3 heteroatoms. The van der Waals surface area contributed by atoms with E-state index in [9.17, 15) is 4.79 Å². The van der Waals surface area contributed by atoms with Gasteiger partial charge < -0.3 is 5.32 Å². The summed E-state index contributed by atoms with van der Waals surface area (Å²) in [5.41, 5.74) is 0.979. The second kappa shape index (κ2) is 5.43. The third-order valence-electron chi connectivity index (χ3n) is 3.96. The third-order valence-corrected chi connectivity index (χ3v) is 4.65. The predicted molar refractivity (Wildman–Crippen MR) is 78.5 cm³/mol. The van der Waals surface area contributed by atoms with Crippen molar-refractivity contribution in [2.45, 2.75) is 39.5 Å². The first-order valence-corrected chi connectivity index (χ1v) is 7.35. The van der Waals surface area contributed by atoms with Gasteiger partial charge in [0.05, 0.1) is 5.69 Å². The Morgan fingerprint density at radius 2 is 2.06 bits per heavy atom. The highest BCUT2D eigenvalue weighted by molar-refractivity contribution is 9.10. The van der Waals surface area contributed by atoms with E-state index in [1.165, 1.54) is 6.42 Å². The zero-order valence-electron chi connectivity index (χ0n) is 11.0. The number of para-hydroxylation sites is 1. The molecule has 1 N–H and O–H groups in total. The second-order valence-electron chi connectivity index (χ2n) is 5.76. The van der Waals surface area contributed by atoms with E-state index in [0.717, 1.165) is 29.4 Å². The number of hydrogen-bond acceptors (Lipinski definition) is 1. The second-order valence-corrected chi connectivity index (χ2v) is 6.61. The number of halogens is 1. The Labute approximate surface area is 117 Å². The lowest BCUT2D eigenvalue weighted by atomic mass is 9.68. The average molecular weight is 310 g/mol. The number of carbonyl (C=O) groups is 1. The summed E-state index contributed by atoms with van der Waals surface area (Å²) in [5.74, 6) is 0.282. The van der Waals surface area contributed by atoms with Crippen molar-refractivity contribution in [1.29, 1.82) is 0 Å². The molecule has 2 rings (SSSR count). The highest BCUT2D eigenvalue weighted by Crippen LogP contribution is 2.41. The van der Waals surface area contributed by atoms with E-state index >= 15 is 0 Å². The summed E-state index contributed by atoms with van der Waals surface area (Å²) < 4.78 is 0.937. The standard InChI is InChI=1S/C15H20BrNO/c1-15(2)10-6-5-7-11(15)14(18)17-13-9-4-3-8-12(13)16/h3-4,8-9,11H,5-7,10H2,1-2H3,(H,17,18). The summed E-state index contributed by atoms with van der Waals surface area (Å²) in [6, 6.07) is 7.76. The number of anilines is 1. The van der Waals surface area contributed by atoms with Crippen LogP contribution < -0.4 is 5.32 Å². The zero-order chi connectivity index (χ0) is 13.2. The van der Waals surface area contributed by atoms with E-state index in [4.69, 9.17) is 0 Å². The summed E-state index contributed by atoms with van der Waals surface area (Å²) >= 11 is 3.46. The molecule has 1 saturated carbocycles. The number of benzene rings is 1. The third kappa shape index (κ3) is 2.94. The van der Waals surface area contributed by atoms with Gasteiger partial charge in [-0.1, -0.05) is 38.8 Å². The number of rotatable bonds is 2. The Hall–Kier alpha value is -0.830. The predicted octanol–water partition coefficient (Wildman–Crippen LogP) is 4.60. The van der Waals surface area contributed by atoms with Crippen LogP contribution in [0.25, 0.3) is 0 Å². The van der Waals surface area contributed by atoms with E-state index in [1.807, 2.05) is 24.3 Å². The van der Waals surface area contributed by atoms with Crippen molar-refractivity contribution >= 4 is 27.5 Å². The zero-order valence-corrected chi connectivity index (χ0v) is 12.6. The minimum absolute atomic E-state index is 0.115. The molecule has 1 aromatic carbocycles. The molecule has 0 aromatic heterocycles. The van der Waals surface area contributed by atoms with Crippen molar-refractivity contribution in [3.63, 3.8) is 0 Å². The molecule has 0 heterocycles. The quantitative estimate of drug-likeness (QED) is 0.849. The molecule has 0 radical (unpaired) electrons. The maximum atomic E-state index is 12.4. The maximum Gasteiger partial charge on any atom is 0.228 e. The van der Waals surface area contributed by atoms with Crippen molar-refractivity contribution < 1.29 is 4.79 Å². The molecule has 1 aliphatic carbocycles. The summed E-state index contributed by atoms with van der Waals surface area (Å²) in [6.07, 6.45) is 4.55. The number of amides is 1. The van der Waals surface area contributed by atoms with Crippen LogP contribution in [0.3, 0.4) is 0 Å². The van der Waals surface area contributed by atoms with Gasteiger partial charge in [0.1, 0.15) is 0 Å². The molecule has 18 heavy (non-hydrogen) atoms. The van der Waals surface area contributed by atoms with Crippen LogP contribution >= 0.6 is 15.9 Å². The van der Waals surface area contributed by atoms with Crippen molar-refractivity contribution in [2.75, 3.05) is 5.32 Å². The number of nitrogens with one attached hydrogen (secondary N) is 1. The Bertz CT molecular complexity index is 442. The normalized spacial score (nSPS) is 22.5. The van der Waals surface area contributed by atoms with Gasteiger partial charge in [-0.25, -0.2) is 0 Å². The monoisotopic (exact) mass is 309 g/mol. The van der Waals surface area contributed by atoms with Crippen LogP contribution in [0.5, 0.6) is 0 Å².